The molecule has 3 nitrogen and oxygen atoms in total. The van der Waals surface area contributed by atoms with Crippen LogP contribution in [0.25, 0.3) is 0 Å². The van der Waals surface area contributed by atoms with E-state index in [2.05, 4.69) is 31.1 Å². The van der Waals surface area contributed by atoms with Gasteiger partial charge in [0.2, 0.25) is 0 Å². The number of nitrogens with two attached hydrogens (primary N) is 1. The van der Waals surface area contributed by atoms with Crippen molar-refractivity contribution in [3.05, 3.63) is 22.8 Å². The molecule has 1 fully saturated rings. The molecule has 1 atom stereocenters. The Hall–Kier alpha value is -0.800. The third kappa shape index (κ3) is 4.33. The largest absolute Gasteiger partial charge is 0.383 e. The molecule has 4 heteroatoms. The van der Waals surface area contributed by atoms with Crippen molar-refractivity contribution in [2.45, 2.75) is 58.9 Å². The Kier molecular flexibility index (Phi) is 5.50. The molecule has 0 amide bonds. The molecule has 1 saturated carbocycles. The molecule has 0 aliphatic heterocycles. The number of anilines is 1. The van der Waals surface area contributed by atoms with Crippen LogP contribution in [0.3, 0.4) is 0 Å². The Bertz CT molecular complexity index is 463. The number of hydrogen-bond donors (Lipinski definition) is 2. The van der Waals surface area contributed by atoms with Gasteiger partial charge in [0, 0.05) is 17.8 Å². The van der Waals surface area contributed by atoms with Gasteiger partial charge in [0.1, 0.15) is 5.82 Å². The first-order valence-electron chi connectivity index (χ1n) is 8.07. The number of aromatic nitrogens is 1. The lowest BCUT2D eigenvalue weighted by Crippen LogP contribution is -2.34. The molecule has 2 rings (SSSR count). The van der Waals surface area contributed by atoms with Crippen molar-refractivity contribution in [3.8, 4) is 0 Å². The zero-order valence-electron chi connectivity index (χ0n) is 13.5. The van der Waals surface area contributed by atoms with E-state index in [1.165, 1.54) is 25.7 Å². The molecule has 0 aromatic carbocycles. The summed E-state index contributed by atoms with van der Waals surface area (Å²) in [7, 11) is 0. The van der Waals surface area contributed by atoms with Gasteiger partial charge >= 0.3 is 0 Å². The van der Waals surface area contributed by atoms with Gasteiger partial charge in [-0.25, -0.2) is 4.98 Å². The zero-order chi connectivity index (χ0) is 15.5. The number of hydrogen-bond acceptors (Lipinski definition) is 3. The van der Waals surface area contributed by atoms with Gasteiger partial charge in [-0.15, -0.1) is 0 Å². The van der Waals surface area contributed by atoms with E-state index >= 15 is 0 Å². The number of nitrogens with one attached hydrogen (secondary N) is 1. The summed E-state index contributed by atoms with van der Waals surface area (Å²) >= 11 is 6.13. The Labute approximate surface area is 133 Å². The smallest absolute Gasteiger partial charge is 0.128 e. The molecule has 3 N–H and O–H groups in total. The fraction of sp³-hybridized carbons (Fsp3) is 0.706. The molecule has 118 valence electrons. The quantitative estimate of drug-likeness (QED) is 0.837. The first-order chi connectivity index (χ1) is 9.93. The highest BCUT2D eigenvalue weighted by atomic mass is 35.5. The third-order valence-corrected chi connectivity index (χ3v) is 4.93. The van der Waals surface area contributed by atoms with Gasteiger partial charge in [-0.05, 0) is 56.0 Å². The molecule has 1 aliphatic carbocycles. The highest BCUT2D eigenvalue weighted by Crippen LogP contribution is 2.43. The van der Waals surface area contributed by atoms with Crippen molar-refractivity contribution in [3.63, 3.8) is 0 Å². The van der Waals surface area contributed by atoms with Gasteiger partial charge in [-0.2, -0.15) is 0 Å². The van der Waals surface area contributed by atoms with Crippen LogP contribution in [-0.4, -0.2) is 11.5 Å². The molecule has 0 spiro atoms. The normalized spacial score (nSPS) is 20.4. The lowest BCUT2D eigenvalue weighted by atomic mass is 9.70. The van der Waals surface area contributed by atoms with Crippen LogP contribution in [-0.2, 0) is 0 Å². The molecule has 1 aliphatic rings. The van der Waals surface area contributed by atoms with E-state index in [0.717, 1.165) is 18.5 Å². The van der Waals surface area contributed by atoms with Crippen LogP contribution in [0.15, 0.2) is 12.3 Å². The van der Waals surface area contributed by atoms with Gasteiger partial charge in [0.05, 0.1) is 5.02 Å². The first kappa shape index (κ1) is 16.6. The Balaban J connectivity index is 2.20. The van der Waals surface area contributed by atoms with E-state index in [-0.39, 0.29) is 6.04 Å². The number of nitrogens with zero attached hydrogens (tertiary/aromatic N) is 1. The van der Waals surface area contributed by atoms with Crippen LogP contribution in [0, 0.1) is 11.3 Å². The third-order valence-electron chi connectivity index (χ3n) is 4.72. The number of nitrogen functional groups attached to an aromatic ring is 1. The van der Waals surface area contributed by atoms with E-state index in [1.54, 1.807) is 6.20 Å². The van der Waals surface area contributed by atoms with Crippen molar-refractivity contribution >= 4 is 17.4 Å². The lowest BCUT2D eigenvalue weighted by Gasteiger charge is -2.38. The lowest BCUT2D eigenvalue weighted by molar-refractivity contribution is 0.161. The van der Waals surface area contributed by atoms with Crippen molar-refractivity contribution < 1.29 is 0 Å². The van der Waals surface area contributed by atoms with Crippen molar-refractivity contribution in [1.29, 1.82) is 0 Å². The van der Waals surface area contributed by atoms with Crippen molar-refractivity contribution in [2.24, 2.45) is 11.3 Å². The maximum absolute atomic E-state index is 6.13. The van der Waals surface area contributed by atoms with Crippen LogP contribution in [0.5, 0.6) is 0 Å². The average Bonchev–Trinajstić information content (AvgIpc) is 2.44. The first-order valence-corrected chi connectivity index (χ1v) is 8.45. The number of rotatable bonds is 5. The second-order valence-electron chi connectivity index (χ2n) is 7.06. The van der Waals surface area contributed by atoms with Crippen LogP contribution >= 0.6 is 11.6 Å². The SMILES string of the molecule is CCCNC(c1cc(Cl)cnc1N)C1CCC(C)(C)CC1. The molecule has 1 aromatic rings. The standard InChI is InChI=1S/C17H28ClN3/c1-4-9-20-15(12-5-7-17(2,3)8-6-12)14-10-13(18)11-21-16(14)19/h10-12,15,20H,4-9H2,1-3H3,(H2,19,21). The van der Waals surface area contributed by atoms with Crippen molar-refractivity contribution in [1.82, 2.24) is 10.3 Å². The average molecular weight is 310 g/mol. The Morgan fingerprint density at radius 3 is 2.71 bits per heavy atom. The molecule has 0 radical (unpaired) electrons. The maximum Gasteiger partial charge on any atom is 0.128 e. The summed E-state index contributed by atoms with van der Waals surface area (Å²) < 4.78 is 0. The summed E-state index contributed by atoms with van der Waals surface area (Å²) in [5, 5.41) is 4.34. The highest BCUT2D eigenvalue weighted by molar-refractivity contribution is 6.30. The molecular formula is C17H28ClN3. The number of pyridine rings is 1. The molecule has 0 bridgehead atoms. The van der Waals surface area contributed by atoms with Gasteiger partial charge < -0.3 is 11.1 Å². The minimum atomic E-state index is 0.271. The summed E-state index contributed by atoms with van der Waals surface area (Å²) in [5.41, 5.74) is 7.66. The molecule has 21 heavy (non-hydrogen) atoms. The topological polar surface area (TPSA) is 50.9 Å². The van der Waals surface area contributed by atoms with Crippen LogP contribution in [0.2, 0.25) is 5.02 Å². The van der Waals surface area contributed by atoms with E-state index < -0.39 is 0 Å². The van der Waals surface area contributed by atoms with Crippen LogP contribution < -0.4 is 11.1 Å². The minimum Gasteiger partial charge on any atom is -0.383 e. The Morgan fingerprint density at radius 1 is 1.43 bits per heavy atom. The summed E-state index contributed by atoms with van der Waals surface area (Å²) in [6.45, 7) is 7.92. The molecule has 0 saturated heterocycles. The van der Waals surface area contributed by atoms with E-state index in [4.69, 9.17) is 17.3 Å². The fourth-order valence-corrected chi connectivity index (χ4v) is 3.47. The van der Waals surface area contributed by atoms with Crippen molar-refractivity contribution in [2.75, 3.05) is 12.3 Å². The van der Waals surface area contributed by atoms with E-state index in [0.29, 0.717) is 22.2 Å². The molecule has 1 unspecified atom stereocenters. The Morgan fingerprint density at radius 2 is 2.10 bits per heavy atom. The predicted octanol–water partition coefficient (Wildman–Crippen LogP) is 4.57. The van der Waals surface area contributed by atoms with Gasteiger partial charge in [-0.1, -0.05) is 32.4 Å². The maximum atomic E-state index is 6.13. The molecule has 1 heterocycles. The zero-order valence-corrected chi connectivity index (χ0v) is 14.2. The van der Waals surface area contributed by atoms with Gasteiger partial charge in [0.15, 0.2) is 0 Å². The number of halogens is 1. The summed E-state index contributed by atoms with van der Waals surface area (Å²) in [5.74, 6) is 1.23. The summed E-state index contributed by atoms with van der Waals surface area (Å²) in [6, 6.07) is 2.25. The second-order valence-corrected chi connectivity index (χ2v) is 7.50. The van der Waals surface area contributed by atoms with Gasteiger partial charge in [-0.3, -0.25) is 0 Å². The highest BCUT2D eigenvalue weighted by Gasteiger charge is 2.32. The van der Waals surface area contributed by atoms with E-state index in [1.807, 2.05) is 6.07 Å². The second kappa shape index (κ2) is 6.97. The fourth-order valence-electron chi connectivity index (χ4n) is 3.30. The van der Waals surface area contributed by atoms with Crippen LogP contribution in [0.1, 0.15) is 64.5 Å². The van der Waals surface area contributed by atoms with Crippen LogP contribution in [0.4, 0.5) is 5.82 Å². The predicted molar refractivity (Wildman–Crippen MR) is 90.4 cm³/mol. The molecule has 1 aromatic heterocycles. The van der Waals surface area contributed by atoms with Gasteiger partial charge in [0.25, 0.3) is 0 Å². The minimum absolute atomic E-state index is 0.271. The van der Waals surface area contributed by atoms with E-state index in [9.17, 15) is 0 Å². The summed E-state index contributed by atoms with van der Waals surface area (Å²) in [6.07, 6.45) is 7.76. The molecular weight excluding hydrogens is 282 g/mol. The monoisotopic (exact) mass is 309 g/mol. The summed E-state index contributed by atoms with van der Waals surface area (Å²) in [4.78, 5) is 4.24.